The van der Waals surface area contributed by atoms with E-state index < -0.39 is 0 Å². The molecule has 0 saturated heterocycles. The van der Waals surface area contributed by atoms with Crippen molar-refractivity contribution in [1.29, 1.82) is 5.26 Å². The molecule has 68 valence electrons. The van der Waals surface area contributed by atoms with E-state index in [4.69, 9.17) is 5.26 Å². The zero-order valence-corrected chi connectivity index (χ0v) is 7.83. The van der Waals surface area contributed by atoms with Gasteiger partial charge in [-0.3, -0.25) is 0 Å². The Bertz CT molecular complexity index is 543. The van der Waals surface area contributed by atoms with Crippen LogP contribution in [0.3, 0.4) is 0 Å². The molecule has 0 atom stereocenters. The normalized spacial score (nSPS) is 14.2. The molecule has 14 heavy (non-hydrogen) atoms. The average molecular weight is 182 g/mol. The van der Waals surface area contributed by atoms with E-state index in [-0.39, 0.29) is 0 Å². The highest BCUT2D eigenvalue weighted by atomic mass is 15.0. The Morgan fingerprint density at radius 3 is 3.14 bits per heavy atom. The van der Waals surface area contributed by atoms with E-state index in [0.717, 1.165) is 24.0 Å². The number of para-hydroxylation sites is 1. The van der Waals surface area contributed by atoms with Crippen LogP contribution in [-0.2, 0) is 13.0 Å². The Labute approximate surface area is 82.4 Å². The summed E-state index contributed by atoms with van der Waals surface area (Å²) in [4.78, 5) is 0. The van der Waals surface area contributed by atoms with Crippen LogP contribution in [0.2, 0.25) is 0 Å². The van der Waals surface area contributed by atoms with E-state index in [1.165, 1.54) is 17.5 Å². The molecule has 0 aliphatic carbocycles. The Morgan fingerprint density at radius 2 is 2.29 bits per heavy atom. The lowest BCUT2D eigenvalue weighted by molar-refractivity contribution is 0.772. The highest BCUT2D eigenvalue weighted by Crippen LogP contribution is 2.27. The van der Waals surface area contributed by atoms with Gasteiger partial charge in [0.1, 0.15) is 6.07 Å². The first-order valence-electron chi connectivity index (χ1n) is 4.91. The number of aryl methyl sites for hydroxylation is 2. The summed E-state index contributed by atoms with van der Waals surface area (Å²) in [5, 5.41) is 10.2. The van der Waals surface area contributed by atoms with E-state index in [1.54, 1.807) is 0 Å². The molecule has 3 rings (SSSR count). The number of fused-ring (bicyclic) bond motifs is 3. The molecule has 0 amide bonds. The monoisotopic (exact) mass is 182 g/mol. The maximum Gasteiger partial charge on any atom is 0.101 e. The van der Waals surface area contributed by atoms with Gasteiger partial charge in [-0.15, -0.1) is 0 Å². The van der Waals surface area contributed by atoms with E-state index in [2.05, 4.69) is 22.8 Å². The van der Waals surface area contributed by atoms with E-state index >= 15 is 0 Å². The Kier molecular flexibility index (Phi) is 1.43. The van der Waals surface area contributed by atoms with E-state index in [1.807, 2.05) is 12.1 Å². The second kappa shape index (κ2) is 2.62. The summed E-state index contributed by atoms with van der Waals surface area (Å²) >= 11 is 0. The third-order valence-corrected chi connectivity index (χ3v) is 2.94. The predicted molar refractivity (Wildman–Crippen MR) is 55.0 cm³/mol. The van der Waals surface area contributed by atoms with Crippen molar-refractivity contribution in [3.63, 3.8) is 0 Å². The Balaban J connectivity index is 2.46. The van der Waals surface area contributed by atoms with E-state index in [9.17, 15) is 0 Å². The Hall–Kier alpha value is -1.75. The number of rotatable bonds is 0. The minimum absolute atomic E-state index is 0.802. The standard InChI is InChI=1S/C12H10N2/c13-8-10-4-1-3-9-7-11-5-2-6-14(11)12(9)10/h1,3-4,7H,2,5-6H2. The molecule has 1 aromatic carbocycles. The van der Waals surface area contributed by atoms with Crippen LogP contribution in [0.4, 0.5) is 0 Å². The number of hydrogen-bond acceptors (Lipinski definition) is 1. The van der Waals surface area contributed by atoms with Crippen molar-refractivity contribution in [3.05, 3.63) is 35.5 Å². The van der Waals surface area contributed by atoms with Gasteiger partial charge in [0.2, 0.25) is 0 Å². The quantitative estimate of drug-likeness (QED) is 0.615. The summed E-state index contributed by atoms with van der Waals surface area (Å²) < 4.78 is 2.29. The maximum atomic E-state index is 9.02. The Morgan fingerprint density at radius 1 is 1.36 bits per heavy atom. The fraction of sp³-hybridized carbons (Fsp3) is 0.250. The van der Waals surface area contributed by atoms with Crippen LogP contribution in [0.15, 0.2) is 24.3 Å². The number of nitrogens with zero attached hydrogens (tertiary/aromatic N) is 2. The molecule has 0 N–H and O–H groups in total. The second-order valence-electron chi connectivity index (χ2n) is 3.75. The zero-order chi connectivity index (χ0) is 9.54. The number of hydrogen-bond donors (Lipinski definition) is 0. The van der Waals surface area contributed by atoms with Crippen LogP contribution in [0.1, 0.15) is 17.7 Å². The van der Waals surface area contributed by atoms with Gasteiger partial charge in [-0.2, -0.15) is 5.26 Å². The molecular formula is C12H10N2. The molecule has 2 heteroatoms. The summed E-state index contributed by atoms with van der Waals surface area (Å²) in [6, 6.07) is 10.4. The molecule has 0 saturated carbocycles. The van der Waals surface area contributed by atoms with Gasteiger partial charge < -0.3 is 4.57 Å². The van der Waals surface area contributed by atoms with E-state index in [0.29, 0.717) is 0 Å². The predicted octanol–water partition coefficient (Wildman–Crippen LogP) is 2.46. The molecule has 2 heterocycles. The van der Waals surface area contributed by atoms with Crippen LogP contribution in [0, 0.1) is 11.3 Å². The van der Waals surface area contributed by atoms with Crippen molar-refractivity contribution < 1.29 is 0 Å². The van der Waals surface area contributed by atoms with Gasteiger partial charge in [0, 0.05) is 17.6 Å². The summed E-state index contributed by atoms with van der Waals surface area (Å²) in [5.41, 5.74) is 3.31. The second-order valence-corrected chi connectivity index (χ2v) is 3.75. The minimum atomic E-state index is 0.802. The van der Waals surface area contributed by atoms with Crippen LogP contribution >= 0.6 is 0 Å². The lowest BCUT2D eigenvalue weighted by Crippen LogP contribution is -1.93. The van der Waals surface area contributed by atoms with Gasteiger partial charge in [-0.25, -0.2) is 0 Å². The van der Waals surface area contributed by atoms with Crippen molar-refractivity contribution in [1.82, 2.24) is 4.57 Å². The highest BCUT2D eigenvalue weighted by molar-refractivity contribution is 5.86. The number of benzene rings is 1. The minimum Gasteiger partial charge on any atom is -0.344 e. The van der Waals surface area contributed by atoms with Crippen LogP contribution in [0.5, 0.6) is 0 Å². The van der Waals surface area contributed by atoms with Gasteiger partial charge in [0.15, 0.2) is 0 Å². The fourth-order valence-corrected chi connectivity index (χ4v) is 2.35. The van der Waals surface area contributed by atoms with Gasteiger partial charge in [0.05, 0.1) is 11.1 Å². The fourth-order valence-electron chi connectivity index (χ4n) is 2.35. The van der Waals surface area contributed by atoms with Gasteiger partial charge in [-0.05, 0) is 25.0 Å². The van der Waals surface area contributed by atoms with Crippen molar-refractivity contribution >= 4 is 10.9 Å². The molecular weight excluding hydrogens is 172 g/mol. The molecule has 0 radical (unpaired) electrons. The van der Waals surface area contributed by atoms with Crippen molar-refractivity contribution in [3.8, 4) is 6.07 Å². The van der Waals surface area contributed by atoms with Crippen LogP contribution in [-0.4, -0.2) is 4.57 Å². The number of nitriles is 1. The third kappa shape index (κ3) is 0.843. The first-order valence-corrected chi connectivity index (χ1v) is 4.91. The molecule has 0 bridgehead atoms. The van der Waals surface area contributed by atoms with Crippen molar-refractivity contribution in [2.45, 2.75) is 19.4 Å². The topological polar surface area (TPSA) is 28.7 Å². The third-order valence-electron chi connectivity index (χ3n) is 2.94. The maximum absolute atomic E-state index is 9.02. The summed E-state index contributed by atoms with van der Waals surface area (Å²) in [6.07, 6.45) is 2.37. The van der Waals surface area contributed by atoms with Crippen LogP contribution in [0.25, 0.3) is 10.9 Å². The lowest BCUT2D eigenvalue weighted by Gasteiger charge is -2.01. The molecule has 2 nitrogen and oxygen atoms in total. The van der Waals surface area contributed by atoms with Gasteiger partial charge >= 0.3 is 0 Å². The van der Waals surface area contributed by atoms with Crippen molar-refractivity contribution in [2.75, 3.05) is 0 Å². The lowest BCUT2D eigenvalue weighted by atomic mass is 10.1. The summed E-state index contributed by atoms with van der Waals surface area (Å²) in [7, 11) is 0. The summed E-state index contributed by atoms with van der Waals surface area (Å²) in [5.74, 6) is 0. The molecule has 0 spiro atoms. The van der Waals surface area contributed by atoms with Crippen molar-refractivity contribution in [2.24, 2.45) is 0 Å². The largest absolute Gasteiger partial charge is 0.344 e. The molecule has 0 unspecified atom stereocenters. The van der Waals surface area contributed by atoms with Crippen LogP contribution < -0.4 is 0 Å². The highest BCUT2D eigenvalue weighted by Gasteiger charge is 2.15. The molecule has 2 aromatic rings. The SMILES string of the molecule is N#Cc1cccc2cc3n(c12)CCC3. The molecule has 0 fully saturated rings. The average Bonchev–Trinajstić information content (AvgIpc) is 2.75. The summed E-state index contributed by atoms with van der Waals surface area (Å²) in [6.45, 7) is 1.07. The van der Waals surface area contributed by atoms with Gasteiger partial charge in [-0.1, -0.05) is 12.1 Å². The molecule has 1 aliphatic rings. The smallest absolute Gasteiger partial charge is 0.101 e. The zero-order valence-electron chi connectivity index (χ0n) is 7.83. The molecule has 1 aliphatic heterocycles. The number of aromatic nitrogens is 1. The molecule has 1 aromatic heterocycles. The van der Waals surface area contributed by atoms with Gasteiger partial charge in [0.25, 0.3) is 0 Å². The first kappa shape index (κ1) is 7.64. The first-order chi connectivity index (χ1) is 6.90.